The zero-order valence-corrected chi connectivity index (χ0v) is 39.7. The van der Waals surface area contributed by atoms with Gasteiger partial charge in [0.25, 0.3) is 0 Å². The van der Waals surface area contributed by atoms with Crippen LogP contribution in [0.15, 0.2) is 48.6 Å². The molecular formula is C54H96O6. The number of carbonyl (C=O) groups is 3. The van der Waals surface area contributed by atoms with Crippen molar-refractivity contribution in [2.24, 2.45) is 0 Å². The van der Waals surface area contributed by atoms with Crippen LogP contribution in [0, 0.1) is 0 Å². The topological polar surface area (TPSA) is 78.9 Å². The van der Waals surface area contributed by atoms with Crippen molar-refractivity contribution in [1.82, 2.24) is 0 Å². The summed E-state index contributed by atoms with van der Waals surface area (Å²) in [6, 6.07) is 0. The summed E-state index contributed by atoms with van der Waals surface area (Å²) in [5, 5.41) is 0. The van der Waals surface area contributed by atoms with Gasteiger partial charge in [-0.25, -0.2) is 0 Å². The van der Waals surface area contributed by atoms with E-state index in [0.29, 0.717) is 19.3 Å². The summed E-state index contributed by atoms with van der Waals surface area (Å²) in [4.78, 5) is 37.9. The number of ether oxygens (including phenoxy) is 3. The van der Waals surface area contributed by atoms with E-state index >= 15 is 0 Å². The molecule has 0 fully saturated rings. The second kappa shape index (κ2) is 49.0. The van der Waals surface area contributed by atoms with Crippen LogP contribution >= 0.6 is 0 Å². The summed E-state index contributed by atoms with van der Waals surface area (Å²) in [7, 11) is 0. The zero-order chi connectivity index (χ0) is 43.7. The Morgan fingerprint density at radius 3 is 1.02 bits per heavy atom. The fourth-order valence-electron chi connectivity index (χ4n) is 7.12. The molecule has 348 valence electrons. The summed E-state index contributed by atoms with van der Waals surface area (Å²) in [5.74, 6) is -0.905. The van der Waals surface area contributed by atoms with E-state index in [9.17, 15) is 14.4 Å². The number of hydrogen-bond acceptors (Lipinski definition) is 6. The highest BCUT2D eigenvalue weighted by atomic mass is 16.6. The molecule has 0 rings (SSSR count). The van der Waals surface area contributed by atoms with Crippen LogP contribution in [-0.2, 0) is 28.6 Å². The molecule has 0 saturated heterocycles. The summed E-state index contributed by atoms with van der Waals surface area (Å²) < 4.78 is 16.7. The van der Waals surface area contributed by atoms with Crippen molar-refractivity contribution in [2.45, 2.75) is 264 Å². The number of hydrogen-bond donors (Lipinski definition) is 0. The molecule has 0 N–H and O–H groups in total. The largest absolute Gasteiger partial charge is 0.462 e. The first-order valence-corrected chi connectivity index (χ1v) is 25.6. The Balaban J connectivity index is 4.31. The molecule has 0 spiro atoms. The maximum atomic E-state index is 12.8. The highest BCUT2D eigenvalue weighted by Crippen LogP contribution is 2.15. The van der Waals surface area contributed by atoms with E-state index in [4.69, 9.17) is 14.2 Å². The molecule has 1 unspecified atom stereocenters. The lowest BCUT2D eigenvalue weighted by molar-refractivity contribution is -0.167. The predicted molar refractivity (Wildman–Crippen MR) is 256 cm³/mol. The fourth-order valence-corrected chi connectivity index (χ4v) is 7.12. The van der Waals surface area contributed by atoms with E-state index in [2.05, 4.69) is 69.4 Å². The van der Waals surface area contributed by atoms with Crippen molar-refractivity contribution in [1.29, 1.82) is 0 Å². The lowest BCUT2D eigenvalue weighted by Crippen LogP contribution is -2.30. The maximum absolute atomic E-state index is 12.8. The van der Waals surface area contributed by atoms with Crippen LogP contribution in [0.4, 0.5) is 0 Å². The minimum Gasteiger partial charge on any atom is -0.462 e. The van der Waals surface area contributed by atoms with Crippen molar-refractivity contribution < 1.29 is 28.6 Å². The van der Waals surface area contributed by atoms with Gasteiger partial charge in [-0.05, 0) is 89.9 Å². The molecule has 0 bridgehead atoms. The van der Waals surface area contributed by atoms with Gasteiger partial charge < -0.3 is 14.2 Å². The average Bonchev–Trinajstić information content (AvgIpc) is 3.24. The van der Waals surface area contributed by atoms with E-state index in [1.807, 2.05) is 0 Å². The van der Waals surface area contributed by atoms with Gasteiger partial charge in [-0.15, -0.1) is 0 Å². The van der Waals surface area contributed by atoms with Gasteiger partial charge in [0, 0.05) is 19.3 Å². The third kappa shape index (κ3) is 46.4. The first kappa shape index (κ1) is 57.4. The lowest BCUT2D eigenvalue weighted by atomic mass is 10.1. The second-order valence-corrected chi connectivity index (χ2v) is 17.1. The predicted octanol–water partition coefficient (Wildman–Crippen LogP) is 16.7. The van der Waals surface area contributed by atoms with E-state index in [-0.39, 0.29) is 31.1 Å². The third-order valence-corrected chi connectivity index (χ3v) is 11.0. The monoisotopic (exact) mass is 841 g/mol. The van der Waals surface area contributed by atoms with Crippen LogP contribution in [0.3, 0.4) is 0 Å². The Kier molecular flexibility index (Phi) is 46.9. The van der Waals surface area contributed by atoms with Gasteiger partial charge in [0.05, 0.1) is 0 Å². The zero-order valence-electron chi connectivity index (χ0n) is 39.7. The number of carbonyl (C=O) groups excluding carboxylic acids is 3. The van der Waals surface area contributed by atoms with Crippen LogP contribution in [0.2, 0.25) is 0 Å². The number of esters is 3. The van der Waals surface area contributed by atoms with Gasteiger partial charge in [-0.3, -0.25) is 14.4 Å². The van der Waals surface area contributed by atoms with Gasteiger partial charge in [-0.1, -0.05) is 198 Å². The Hall–Kier alpha value is -2.63. The first-order valence-electron chi connectivity index (χ1n) is 25.6. The summed E-state index contributed by atoms with van der Waals surface area (Å²) in [6.45, 7) is 6.50. The van der Waals surface area contributed by atoms with E-state index in [0.717, 1.165) is 103 Å². The Morgan fingerprint density at radius 1 is 0.333 bits per heavy atom. The third-order valence-electron chi connectivity index (χ3n) is 11.0. The molecule has 0 aliphatic rings. The smallest absolute Gasteiger partial charge is 0.306 e. The molecular weight excluding hydrogens is 745 g/mol. The van der Waals surface area contributed by atoms with E-state index < -0.39 is 6.10 Å². The highest BCUT2D eigenvalue weighted by molar-refractivity contribution is 5.71. The van der Waals surface area contributed by atoms with Gasteiger partial charge in [0.15, 0.2) is 6.10 Å². The van der Waals surface area contributed by atoms with E-state index in [1.54, 1.807) is 0 Å². The molecule has 0 radical (unpaired) electrons. The fraction of sp³-hybridized carbons (Fsp3) is 0.796. The normalized spacial score (nSPS) is 12.4. The summed E-state index contributed by atoms with van der Waals surface area (Å²) in [5.41, 5.74) is 0. The average molecular weight is 841 g/mol. The minimum absolute atomic E-state index is 0.0820. The second-order valence-electron chi connectivity index (χ2n) is 17.1. The van der Waals surface area contributed by atoms with Crippen molar-refractivity contribution in [3.8, 4) is 0 Å². The van der Waals surface area contributed by atoms with Crippen LogP contribution in [-0.4, -0.2) is 37.2 Å². The van der Waals surface area contributed by atoms with Gasteiger partial charge >= 0.3 is 17.9 Å². The van der Waals surface area contributed by atoms with E-state index in [1.165, 1.54) is 116 Å². The molecule has 6 heteroatoms. The molecule has 0 heterocycles. The van der Waals surface area contributed by atoms with Crippen molar-refractivity contribution in [3.05, 3.63) is 48.6 Å². The SMILES string of the molecule is CCC/C=C\C/C=C\CCCCCCCC(=O)OC(COC(=O)CCCCCCC/C=C\CCC)COC(=O)CCCCCCCCCCC/C=C\CCCCCCCC. The molecule has 0 aromatic carbocycles. The highest BCUT2D eigenvalue weighted by Gasteiger charge is 2.19. The lowest BCUT2D eigenvalue weighted by Gasteiger charge is -2.18. The Bertz CT molecular complexity index is 1060. The first-order chi connectivity index (χ1) is 29.5. The molecule has 0 aliphatic heterocycles. The van der Waals surface area contributed by atoms with Crippen molar-refractivity contribution >= 4 is 17.9 Å². The number of unbranched alkanes of at least 4 members (excludes halogenated alkanes) is 27. The van der Waals surface area contributed by atoms with Gasteiger partial charge in [-0.2, -0.15) is 0 Å². The number of rotatable bonds is 46. The molecule has 1 atom stereocenters. The molecule has 0 aromatic rings. The van der Waals surface area contributed by atoms with Gasteiger partial charge in [0.2, 0.25) is 0 Å². The molecule has 0 saturated carbocycles. The van der Waals surface area contributed by atoms with Crippen LogP contribution < -0.4 is 0 Å². The standard InChI is InChI=1S/C54H96O6/c1-4-7-10-13-16-19-22-24-25-26-27-28-29-31-32-35-38-41-44-47-53(56)59-50-51(49-58-52(55)46-43-40-37-34-21-18-15-12-9-6-3)60-54(57)48-45-42-39-36-33-30-23-20-17-14-11-8-5-2/h11-12,14-15,20,23-25,51H,4-10,13,16-19,21-22,26-50H2,1-3H3/b14-11-,15-12-,23-20-,25-24-. The molecule has 0 aliphatic carbocycles. The van der Waals surface area contributed by atoms with Crippen LogP contribution in [0.5, 0.6) is 0 Å². The van der Waals surface area contributed by atoms with Crippen molar-refractivity contribution in [3.63, 3.8) is 0 Å². The molecule has 0 amide bonds. The van der Waals surface area contributed by atoms with Gasteiger partial charge in [0.1, 0.15) is 13.2 Å². The van der Waals surface area contributed by atoms with Crippen molar-refractivity contribution in [2.75, 3.05) is 13.2 Å². The van der Waals surface area contributed by atoms with Crippen LogP contribution in [0.25, 0.3) is 0 Å². The summed E-state index contributed by atoms with van der Waals surface area (Å²) in [6.07, 6.45) is 58.1. The number of allylic oxidation sites excluding steroid dienone is 8. The molecule has 6 nitrogen and oxygen atoms in total. The maximum Gasteiger partial charge on any atom is 0.306 e. The summed E-state index contributed by atoms with van der Waals surface area (Å²) >= 11 is 0. The minimum atomic E-state index is -0.782. The quantitative estimate of drug-likeness (QED) is 0.0263. The Morgan fingerprint density at radius 2 is 0.633 bits per heavy atom. The Labute approximate surface area is 371 Å². The molecule has 60 heavy (non-hydrogen) atoms. The molecule has 0 aromatic heterocycles. The van der Waals surface area contributed by atoms with Crippen LogP contribution in [0.1, 0.15) is 258 Å².